The molecule has 2 aliphatic heterocycles. The summed E-state index contributed by atoms with van der Waals surface area (Å²) < 4.78 is 19.3. The third kappa shape index (κ3) is 5.03. The SMILES string of the molecule is CC1(C)OB(C2=CCC(N3CCCC(O[Si](C)(C)C(C)(C)C)C3)CC2)OC1(C)C. The van der Waals surface area contributed by atoms with Crippen LogP contribution in [0.3, 0.4) is 0 Å². The van der Waals surface area contributed by atoms with Crippen LogP contribution in [-0.4, -0.2) is 56.8 Å². The number of hydrogen-bond donors (Lipinski definition) is 0. The van der Waals surface area contributed by atoms with Gasteiger partial charge < -0.3 is 13.7 Å². The van der Waals surface area contributed by atoms with E-state index in [-0.39, 0.29) is 23.4 Å². The molecule has 0 aromatic carbocycles. The summed E-state index contributed by atoms with van der Waals surface area (Å²) in [7, 11) is -1.87. The fourth-order valence-corrected chi connectivity index (χ4v) is 5.75. The van der Waals surface area contributed by atoms with Crippen molar-refractivity contribution in [3.05, 3.63) is 11.5 Å². The molecule has 4 nitrogen and oxygen atoms in total. The molecular formula is C23H44BNO3Si. The monoisotopic (exact) mass is 421 g/mol. The third-order valence-electron chi connectivity index (χ3n) is 8.17. The van der Waals surface area contributed by atoms with Crippen molar-refractivity contribution in [3.8, 4) is 0 Å². The van der Waals surface area contributed by atoms with Crippen LogP contribution in [0.1, 0.15) is 80.6 Å². The predicted octanol–water partition coefficient (Wildman–Crippen LogP) is 5.58. The quantitative estimate of drug-likeness (QED) is 0.554. The summed E-state index contributed by atoms with van der Waals surface area (Å²) >= 11 is 0. The molecule has 0 aromatic rings. The molecule has 3 aliphatic rings. The van der Waals surface area contributed by atoms with Crippen LogP contribution >= 0.6 is 0 Å². The molecule has 2 saturated heterocycles. The van der Waals surface area contributed by atoms with Crippen molar-refractivity contribution in [2.75, 3.05) is 13.1 Å². The minimum Gasteiger partial charge on any atom is -0.413 e. The Hall–Kier alpha value is -0.138. The van der Waals surface area contributed by atoms with Gasteiger partial charge in [0.1, 0.15) is 0 Å². The Morgan fingerprint density at radius 3 is 2.24 bits per heavy atom. The molecule has 2 fully saturated rings. The van der Waals surface area contributed by atoms with E-state index in [1.807, 2.05) is 0 Å². The van der Waals surface area contributed by atoms with Crippen LogP contribution < -0.4 is 0 Å². The molecule has 0 bridgehead atoms. The van der Waals surface area contributed by atoms with Gasteiger partial charge in [0.05, 0.1) is 17.3 Å². The van der Waals surface area contributed by atoms with Crippen LogP contribution in [-0.2, 0) is 13.7 Å². The van der Waals surface area contributed by atoms with E-state index in [2.05, 4.69) is 72.5 Å². The van der Waals surface area contributed by atoms with Crippen molar-refractivity contribution >= 4 is 15.4 Å². The molecule has 2 unspecified atom stereocenters. The molecule has 166 valence electrons. The summed E-state index contributed by atoms with van der Waals surface area (Å²) in [4.78, 5) is 2.69. The molecule has 2 atom stereocenters. The summed E-state index contributed by atoms with van der Waals surface area (Å²) in [5.41, 5.74) is 0.832. The molecule has 2 heterocycles. The van der Waals surface area contributed by atoms with E-state index >= 15 is 0 Å². The maximum atomic E-state index is 6.75. The van der Waals surface area contributed by atoms with Gasteiger partial charge in [-0.15, -0.1) is 0 Å². The summed E-state index contributed by atoms with van der Waals surface area (Å²) in [5, 5.41) is 0.278. The predicted molar refractivity (Wildman–Crippen MR) is 125 cm³/mol. The van der Waals surface area contributed by atoms with E-state index < -0.39 is 8.32 Å². The van der Waals surface area contributed by atoms with Crippen molar-refractivity contribution in [3.63, 3.8) is 0 Å². The molecule has 3 rings (SSSR count). The first kappa shape index (κ1) is 23.5. The van der Waals surface area contributed by atoms with Gasteiger partial charge in [0.15, 0.2) is 8.32 Å². The number of likely N-dealkylation sites (tertiary alicyclic amines) is 1. The minimum absolute atomic E-state index is 0.169. The highest BCUT2D eigenvalue weighted by Crippen LogP contribution is 2.41. The lowest BCUT2D eigenvalue weighted by atomic mass is 9.71. The van der Waals surface area contributed by atoms with Crippen LogP contribution in [0, 0.1) is 0 Å². The molecule has 0 radical (unpaired) electrons. The fourth-order valence-electron chi connectivity index (χ4n) is 4.37. The lowest BCUT2D eigenvalue weighted by molar-refractivity contribution is 0.00578. The van der Waals surface area contributed by atoms with Gasteiger partial charge in [0, 0.05) is 12.6 Å². The van der Waals surface area contributed by atoms with Crippen LogP contribution in [0.25, 0.3) is 0 Å². The van der Waals surface area contributed by atoms with E-state index in [1.165, 1.54) is 31.3 Å². The zero-order chi connectivity index (χ0) is 21.7. The highest BCUT2D eigenvalue weighted by molar-refractivity contribution is 6.74. The largest absolute Gasteiger partial charge is 0.490 e. The topological polar surface area (TPSA) is 30.9 Å². The van der Waals surface area contributed by atoms with E-state index in [4.69, 9.17) is 13.7 Å². The number of rotatable bonds is 4. The van der Waals surface area contributed by atoms with E-state index in [0.29, 0.717) is 12.1 Å². The van der Waals surface area contributed by atoms with Crippen molar-refractivity contribution < 1.29 is 13.7 Å². The Kier molecular flexibility index (Phi) is 6.56. The van der Waals surface area contributed by atoms with Crippen molar-refractivity contribution in [1.29, 1.82) is 0 Å². The van der Waals surface area contributed by atoms with Gasteiger partial charge in [-0.25, -0.2) is 0 Å². The first-order valence-corrected chi connectivity index (χ1v) is 14.6. The number of allylic oxidation sites excluding steroid dienone is 1. The van der Waals surface area contributed by atoms with Crippen LogP contribution in [0.15, 0.2) is 11.5 Å². The van der Waals surface area contributed by atoms with Gasteiger partial charge in [-0.1, -0.05) is 26.8 Å². The number of hydrogen-bond acceptors (Lipinski definition) is 4. The van der Waals surface area contributed by atoms with Gasteiger partial charge in [0.25, 0.3) is 0 Å². The van der Waals surface area contributed by atoms with Crippen molar-refractivity contribution in [2.24, 2.45) is 0 Å². The Labute approximate surface area is 181 Å². The van der Waals surface area contributed by atoms with Gasteiger partial charge in [0.2, 0.25) is 0 Å². The van der Waals surface area contributed by atoms with Crippen LogP contribution in [0.4, 0.5) is 0 Å². The van der Waals surface area contributed by atoms with E-state index in [9.17, 15) is 0 Å². The average molecular weight is 422 g/mol. The molecule has 0 saturated carbocycles. The minimum atomic E-state index is -1.70. The fraction of sp³-hybridized carbons (Fsp3) is 0.913. The molecule has 0 amide bonds. The number of piperidine rings is 1. The van der Waals surface area contributed by atoms with Gasteiger partial charge in [-0.05, 0) is 89.9 Å². The number of nitrogens with zero attached hydrogens (tertiary/aromatic N) is 1. The maximum absolute atomic E-state index is 6.75. The molecule has 0 spiro atoms. The normalized spacial score (nSPS) is 31.1. The van der Waals surface area contributed by atoms with Crippen molar-refractivity contribution in [1.82, 2.24) is 4.90 Å². The highest BCUT2D eigenvalue weighted by Gasteiger charge is 2.52. The van der Waals surface area contributed by atoms with Crippen LogP contribution in [0.2, 0.25) is 18.1 Å². The summed E-state index contributed by atoms with van der Waals surface area (Å²) in [5.74, 6) is 0. The standard InChI is InChI=1S/C23H44BNO3Si/c1-21(2,3)29(8,9)26-20-11-10-16-25(17-20)19-14-12-18(13-15-19)24-27-22(4,5)23(6,7)28-24/h12,19-20H,10-11,13-17H2,1-9H3. The second-order valence-corrected chi connectivity index (χ2v) is 16.7. The average Bonchev–Trinajstić information content (AvgIpc) is 2.81. The summed E-state index contributed by atoms with van der Waals surface area (Å²) in [6, 6.07) is 0.631. The van der Waals surface area contributed by atoms with Gasteiger partial charge in [-0.2, -0.15) is 0 Å². The molecule has 1 aliphatic carbocycles. The first-order valence-electron chi connectivity index (χ1n) is 11.7. The lowest BCUT2D eigenvalue weighted by Crippen LogP contribution is -2.51. The Balaban J connectivity index is 1.57. The second-order valence-electron chi connectivity index (χ2n) is 11.9. The van der Waals surface area contributed by atoms with E-state index in [1.54, 1.807) is 0 Å². The molecular weight excluding hydrogens is 377 g/mol. The van der Waals surface area contributed by atoms with Gasteiger partial charge in [-0.3, -0.25) is 4.90 Å². The Morgan fingerprint density at radius 1 is 1.10 bits per heavy atom. The first-order chi connectivity index (χ1) is 13.2. The molecule has 6 heteroatoms. The highest BCUT2D eigenvalue weighted by atomic mass is 28.4. The van der Waals surface area contributed by atoms with Crippen molar-refractivity contribution in [2.45, 2.75) is 122 Å². The Morgan fingerprint density at radius 2 is 1.72 bits per heavy atom. The second kappa shape index (κ2) is 8.09. The van der Waals surface area contributed by atoms with E-state index in [0.717, 1.165) is 19.4 Å². The summed E-state index contributed by atoms with van der Waals surface area (Å²) in [6.07, 6.45) is 8.64. The smallest absolute Gasteiger partial charge is 0.413 e. The lowest BCUT2D eigenvalue weighted by Gasteiger charge is -2.44. The maximum Gasteiger partial charge on any atom is 0.490 e. The zero-order valence-electron chi connectivity index (χ0n) is 20.4. The molecule has 0 N–H and O–H groups in total. The zero-order valence-corrected chi connectivity index (χ0v) is 21.4. The summed E-state index contributed by atoms with van der Waals surface area (Å²) in [6.45, 7) is 22.6. The molecule has 29 heavy (non-hydrogen) atoms. The third-order valence-corrected chi connectivity index (χ3v) is 12.7. The van der Waals surface area contributed by atoms with Crippen LogP contribution in [0.5, 0.6) is 0 Å². The van der Waals surface area contributed by atoms with Gasteiger partial charge >= 0.3 is 7.12 Å². The Bertz CT molecular complexity index is 610. The molecule has 0 aromatic heterocycles.